The van der Waals surface area contributed by atoms with E-state index in [-0.39, 0.29) is 5.92 Å². The molecular formula is C19H25BrN4O2. The Hall–Kier alpha value is -1.99. The summed E-state index contributed by atoms with van der Waals surface area (Å²) in [6.07, 6.45) is 3.16. The van der Waals surface area contributed by atoms with Gasteiger partial charge in [-0.1, -0.05) is 41.9 Å². The van der Waals surface area contributed by atoms with Crippen molar-refractivity contribution in [3.63, 3.8) is 0 Å². The van der Waals surface area contributed by atoms with E-state index in [1.165, 1.54) is 6.20 Å². The van der Waals surface area contributed by atoms with Crippen LogP contribution in [0.2, 0.25) is 0 Å². The van der Waals surface area contributed by atoms with Crippen molar-refractivity contribution in [3.05, 3.63) is 52.3 Å². The standard InChI is InChI=1S/C19H25BrN4O2/c1-13(2)19(3,15-5-7-16(20)8-6-15)18(21)23-17(25)14-11-22-24(12-14)9-10-26-4/h5-8,11-13H,9-10H2,1-4H3,(H2,21,23,25). The Morgan fingerprint density at radius 1 is 1.38 bits per heavy atom. The highest BCUT2D eigenvalue weighted by Gasteiger charge is 2.35. The number of halogens is 1. The summed E-state index contributed by atoms with van der Waals surface area (Å²) in [7, 11) is 1.62. The molecule has 0 saturated heterocycles. The normalized spacial score (nSPS) is 14.5. The molecular weight excluding hydrogens is 396 g/mol. The molecule has 7 heteroatoms. The second kappa shape index (κ2) is 8.60. The van der Waals surface area contributed by atoms with Gasteiger partial charge in [0, 0.05) is 17.8 Å². The van der Waals surface area contributed by atoms with Gasteiger partial charge >= 0.3 is 0 Å². The summed E-state index contributed by atoms with van der Waals surface area (Å²) >= 11 is 3.44. The maximum atomic E-state index is 12.5. The average molecular weight is 421 g/mol. The van der Waals surface area contributed by atoms with Crippen LogP contribution in [0.4, 0.5) is 0 Å². The first-order chi connectivity index (χ1) is 12.3. The third kappa shape index (κ3) is 4.40. The fourth-order valence-electron chi connectivity index (χ4n) is 2.64. The van der Waals surface area contributed by atoms with Gasteiger partial charge in [-0.15, -0.1) is 0 Å². The number of hydrogen-bond acceptors (Lipinski definition) is 3. The van der Waals surface area contributed by atoms with Crippen molar-refractivity contribution >= 4 is 27.7 Å². The Labute approximate surface area is 162 Å². The van der Waals surface area contributed by atoms with E-state index in [9.17, 15) is 4.79 Å². The van der Waals surface area contributed by atoms with Crippen LogP contribution in [0, 0.1) is 5.92 Å². The molecule has 26 heavy (non-hydrogen) atoms. The van der Waals surface area contributed by atoms with E-state index in [2.05, 4.69) is 39.9 Å². The van der Waals surface area contributed by atoms with E-state index in [1.54, 1.807) is 18.0 Å². The molecule has 2 rings (SSSR count). The quantitative estimate of drug-likeness (QED) is 0.549. The van der Waals surface area contributed by atoms with Crippen LogP contribution in [-0.4, -0.2) is 35.2 Å². The molecule has 0 aliphatic heterocycles. The number of ether oxygens (including phenoxy) is 1. The average Bonchev–Trinajstić information content (AvgIpc) is 3.08. The molecule has 1 unspecified atom stereocenters. The molecule has 0 aliphatic rings. The number of nitrogens with two attached hydrogens (primary N) is 1. The van der Waals surface area contributed by atoms with Crippen molar-refractivity contribution in [1.82, 2.24) is 9.78 Å². The summed E-state index contributed by atoms with van der Waals surface area (Å²) in [5.41, 5.74) is 7.19. The second-order valence-corrected chi connectivity index (χ2v) is 7.57. The molecule has 0 aliphatic carbocycles. The lowest BCUT2D eigenvalue weighted by Crippen LogP contribution is -2.43. The lowest BCUT2D eigenvalue weighted by atomic mass is 9.72. The Morgan fingerprint density at radius 3 is 2.62 bits per heavy atom. The van der Waals surface area contributed by atoms with Crippen LogP contribution in [0.3, 0.4) is 0 Å². The van der Waals surface area contributed by atoms with Gasteiger partial charge in [0.2, 0.25) is 0 Å². The third-order valence-corrected chi connectivity index (χ3v) is 5.29. The summed E-state index contributed by atoms with van der Waals surface area (Å²) in [6, 6.07) is 7.93. The molecule has 6 nitrogen and oxygen atoms in total. The van der Waals surface area contributed by atoms with Gasteiger partial charge in [-0.2, -0.15) is 10.1 Å². The van der Waals surface area contributed by atoms with Gasteiger partial charge in [-0.3, -0.25) is 9.48 Å². The molecule has 1 atom stereocenters. The number of rotatable bonds is 7. The minimum absolute atomic E-state index is 0.157. The smallest absolute Gasteiger partial charge is 0.281 e. The molecule has 0 radical (unpaired) electrons. The Kier molecular flexibility index (Phi) is 6.72. The summed E-state index contributed by atoms with van der Waals surface area (Å²) in [6.45, 7) is 7.24. The highest BCUT2D eigenvalue weighted by Crippen LogP contribution is 2.33. The van der Waals surface area contributed by atoms with Crippen LogP contribution in [0.5, 0.6) is 0 Å². The van der Waals surface area contributed by atoms with Crippen molar-refractivity contribution < 1.29 is 9.53 Å². The number of carbonyl (C=O) groups excluding carboxylic acids is 1. The zero-order valence-corrected chi connectivity index (χ0v) is 17.2. The summed E-state index contributed by atoms with van der Waals surface area (Å²) in [5, 5.41) is 4.15. The number of amides is 1. The Balaban J connectivity index is 2.30. The molecule has 2 N–H and O–H groups in total. The zero-order valence-electron chi connectivity index (χ0n) is 15.6. The fraction of sp³-hybridized carbons (Fsp3) is 0.421. The number of methoxy groups -OCH3 is 1. The molecule has 1 aromatic carbocycles. The largest absolute Gasteiger partial charge is 0.386 e. The molecule has 1 heterocycles. The maximum Gasteiger partial charge on any atom is 0.281 e. The molecule has 0 saturated carbocycles. The van der Waals surface area contributed by atoms with E-state index in [1.807, 2.05) is 31.2 Å². The maximum absolute atomic E-state index is 12.5. The second-order valence-electron chi connectivity index (χ2n) is 6.65. The van der Waals surface area contributed by atoms with Gasteiger partial charge in [0.05, 0.1) is 30.3 Å². The molecule has 1 amide bonds. The number of aromatic nitrogens is 2. The van der Waals surface area contributed by atoms with Crippen molar-refractivity contribution in [1.29, 1.82) is 0 Å². The van der Waals surface area contributed by atoms with Crippen molar-refractivity contribution in [2.75, 3.05) is 13.7 Å². The minimum atomic E-state index is -0.553. The molecule has 2 aromatic rings. The Morgan fingerprint density at radius 2 is 2.04 bits per heavy atom. The van der Waals surface area contributed by atoms with Crippen LogP contribution in [-0.2, 0) is 16.7 Å². The van der Waals surface area contributed by atoms with E-state index >= 15 is 0 Å². The number of hydrogen-bond donors (Lipinski definition) is 1. The lowest BCUT2D eigenvalue weighted by Gasteiger charge is -2.33. The van der Waals surface area contributed by atoms with Gasteiger partial charge in [-0.05, 0) is 30.5 Å². The molecule has 0 bridgehead atoms. The van der Waals surface area contributed by atoms with Crippen LogP contribution >= 0.6 is 15.9 Å². The summed E-state index contributed by atoms with van der Waals surface area (Å²) < 4.78 is 7.65. The SMILES string of the molecule is COCCn1cc(C(=O)N=C(N)C(C)(c2ccc(Br)cc2)C(C)C)cn1. The number of carbonyl (C=O) groups is 1. The Bertz CT molecular complexity index is 783. The summed E-state index contributed by atoms with van der Waals surface area (Å²) in [4.78, 5) is 16.7. The third-order valence-electron chi connectivity index (χ3n) is 4.76. The summed E-state index contributed by atoms with van der Waals surface area (Å²) in [5.74, 6) is 0.0595. The predicted octanol–water partition coefficient (Wildman–Crippen LogP) is 3.40. The van der Waals surface area contributed by atoms with Crippen LogP contribution in [0.1, 0.15) is 36.7 Å². The highest BCUT2D eigenvalue weighted by molar-refractivity contribution is 9.10. The number of aliphatic imine (C=N–C) groups is 1. The van der Waals surface area contributed by atoms with Crippen LogP contribution < -0.4 is 5.73 Å². The van der Waals surface area contributed by atoms with E-state index < -0.39 is 11.3 Å². The first-order valence-corrected chi connectivity index (χ1v) is 9.24. The van der Waals surface area contributed by atoms with Gasteiger partial charge in [0.25, 0.3) is 5.91 Å². The fourth-order valence-corrected chi connectivity index (χ4v) is 2.91. The van der Waals surface area contributed by atoms with Crippen molar-refractivity contribution in [2.24, 2.45) is 16.6 Å². The molecule has 0 spiro atoms. The van der Waals surface area contributed by atoms with Crippen molar-refractivity contribution in [2.45, 2.75) is 32.7 Å². The molecule has 140 valence electrons. The van der Waals surface area contributed by atoms with E-state index in [0.29, 0.717) is 24.6 Å². The minimum Gasteiger partial charge on any atom is -0.386 e. The number of nitrogens with zero attached hydrogens (tertiary/aromatic N) is 3. The molecule has 1 aromatic heterocycles. The van der Waals surface area contributed by atoms with Crippen LogP contribution in [0.15, 0.2) is 46.1 Å². The first-order valence-electron chi connectivity index (χ1n) is 8.45. The van der Waals surface area contributed by atoms with Gasteiger partial charge in [-0.25, -0.2) is 0 Å². The van der Waals surface area contributed by atoms with Crippen LogP contribution in [0.25, 0.3) is 0 Å². The zero-order chi connectivity index (χ0) is 19.3. The number of amidine groups is 1. The highest BCUT2D eigenvalue weighted by atomic mass is 79.9. The van der Waals surface area contributed by atoms with Gasteiger partial charge in [0.15, 0.2) is 0 Å². The van der Waals surface area contributed by atoms with E-state index in [0.717, 1.165) is 10.0 Å². The van der Waals surface area contributed by atoms with Gasteiger partial charge < -0.3 is 10.5 Å². The predicted molar refractivity (Wildman–Crippen MR) is 106 cm³/mol. The topological polar surface area (TPSA) is 82.5 Å². The molecule has 0 fully saturated rings. The van der Waals surface area contributed by atoms with E-state index in [4.69, 9.17) is 10.5 Å². The van der Waals surface area contributed by atoms with Crippen molar-refractivity contribution in [3.8, 4) is 0 Å². The number of benzene rings is 1. The van der Waals surface area contributed by atoms with Gasteiger partial charge in [0.1, 0.15) is 5.84 Å². The monoisotopic (exact) mass is 420 g/mol. The lowest BCUT2D eigenvalue weighted by molar-refractivity contribution is 0.100. The first kappa shape index (κ1) is 20.3.